The van der Waals surface area contributed by atoms with E-state index in [1.165, 1.54) is 0 Å². The van der Waals surface area contributed by atoms with Gasteiger partial charge in [0.25, 0.3) is 0 Å². The van der Waals surface area contributed by atoms with E-state index in [1.54, 1.807) is 26.5 Å². The summed E-state index contributed by atoms with van der Waals surface area (Å²) in [5, 5.41) is 3.34. The molecule has 2 aromatic rings. The molecule has 0 unspecified atom stereocenters. The number of nitrogens with zero attached hydrogens (tertiary/aromatic N) is 1. The molecule has 0 fully saturated rings. The maximum Gasteiger partial charge on any atom is 0.231 e. The van der Waals surface area contributed by atoms with Crippen molar-refractivity contribution in [2.75, 3.05) is 21.0 Å². The molecular formula is C16H18N2O4. The van der Waals surface area contributed by atoms with E-state index in [0.29, 0.717) is 24.6 Å². The molecule has 1 aliphatic heterocycles. The van der Waals surface area contributed by atoms with E-state index in [9.17, 15) is 0 Å². The van der Waals surface area contributed by atoms with Crippen LogP contribution in [0.4, 0.5) is 0 Å². The molecule has 0 saturated heterocycles. The summed E-state index contributed by atoms with van der Waals surface area (Å²) < 4.78 is 21.3. The third-order valence-corrected chi connectivity index (χ3v) is 3.42. The zero-order valence-electron chi connectivity index (χ0n) is 12.6. The maximum atomic E-state index is 5.37. The molecule has 0 bridgehead atoms. The molecule has 116 valence electrons. The first-order chi connectivity index (χ1) is 10.8. The van der Waals surface area contributed by atoms with Crippen molar-refractivity contribution in [3.05, 3.63) is 41.7 Å². The second-order valence-electron chi connectivity index (χ2n) is 4.78. The molecule has 0 amide bonds. The quantitative estimate of drug-likeness (QED) is 0.882. The second-order valence-corrected chi connectivity index (χ2v) is 4.78. The van der Waals surface area contributed by atoms with Crippen molar-refractivity contribution in [1.29, 1.82) is 0 Å². The van der Waals surface area contributed by atoms with Crippen molar-refractivity contribution in [1.82, 2.24) is 10.3 Å². The lowest BCUT2D eigenvalue weighted by molar-refractivity contribution is 0.174. The second kappa shape index (κ2) is 6.53. The number of methoxy groups -OCH3 is 2. The number of hydrogen-bond donors (Lipinski definition) is 1. The highest BCUT2D eigenvalue weighted by Crippen LogP contribution is 2.32. The number of ether oxygens (including phenoxy) is 4. The topological polar surface area (TPSA) is 61.8 Å². The van der Waals surface area contributed by atoms with Gasteiger partial charge in [-0.05, 0) is 17.7 Å². The van der Waals surface area contributed by atoms with Crippen LogP contribution in [0.5, 0.6) is 23.0 Å². The van der Waals surface area contributed by atoms with Gasteiger partial charge in [0.2, 0.25) is 6.79 Å². The predicted octanol–water partition coefficient (Wildman–Crippen LogP) is 2.12. The van der Waals surface area contributed by atoms with E-state index in [2.05, 4.69) is 10.3 Å². The van der Waals surface area contributed by atoms with E-state index < -0.39 is 0 Å². The zero-order chi connectivity index (χ0) is 15.4. The lowest BCUT2D eigenvalue weighted by Gasteiger charge is -2.12. The van der Waals surface area contributed by atoms with Crippen LogP contribution in [-0.4, -0.2) is 26.0 Å². The average molecular weight is 302 g/mol. The molecule has 6 heteroatoms. The van der Waals surface area contributed by atoms with Gasteiger partial charge in [-0.1, -0.05) is 6.07 Å². The zero-order valence-corrected chi connectivity index (χ0v) is 12.6. The van der Waals surface area contributed by atoms with Crippen molar-refractivity contribution in [3.63, 3.8) is 0 Å². The molecule has 2 heterocycles. The first-order valence-electron chi connectivity index (χ1n) is 6.97. The molecule has 0 atom stereocenters. The van der Waals surface area contributed by atoms with E-state index in [4.69, 9.17) is 18.9 Å². The Bertz CT molecular complexity index is 661. The smallest absolute Gasteiger partial charge is 0.231 e. The third kappa shape index (κ3) is 2.92. The average Bonchev–Trinajstić information content (AvgIpc) is 3.02. The summed E-state index contributed by atoms with van der Waals surface area (Å²) >= 11 is 0. The molecule has 0 aliphatic carbocycles. The minimum absolute atomic E-state index is 0.289. The highest BCUT2D eigenvalue weighted by atomic mass is 16.7. The number of nitrogens with one attached hydrogen (secondary N) is 1. The number of aromatic nitrogens is 1. The molecular weight excluding hydrogens is 284 g/mol. The van der Waals surface area contributed by atoms with Gasteiger partial charge in [-0.15, -0.1) is 0 Å². The molecule has 6 nitrogen and oxygen atoms in total. The monoisotopic (exact) mass is 302 g/mol. The van der Waals surface area contributed by atoms with Crippen molar-refractivity contribution in [2.45, 2.75) is 13.1 Å². The Morgan fingerprint density at radius 3 is 2.77 bits per heavy atom. The molecule has 1 aliphatic rings. The van der Waals surface area contributed by atoms with E-state index in [1.807, 2.05) is 18.2 Å². The van der Waals surface area contributed by atoms with Gasteiger partial charge >= 0.3 is 0 Å². The fourth-order valence-corrected chi connectivity index (χ4v) is 2.35. The van der Waals surface area contributed by atoms with Crippen LogP contribution in [0.2, 0.25) is 0 Å². The van der Waals surface area contributed by atoms with Crippen LogP contribution in [0, 0.1) is 0 Å². The summed E-state index contributed by atoms with van der Waals surface area (Å²) in [4.78, 5) is 4.33. The van der Waals surface area contributed by atoms with Gasteiger partial charge in [0, 0.05) is 25.4 Å². The molecule has 22 heavy (non-hydrogen) atoms. The van der Waals surface area contributed by atoms with Crippen molar-refractivity contribution >= 4 is 0 Å². The number of benzene rings is 1. The van der Waals surface area contributed by atoms with Gasteiger partial charge in [-0.3, -0.25) is 4.98 Å². The Morgan fingerprint density at radius 1 is 1.09 bits per heavy atom. The fraction of sp³-hybridized carbons (Fsp3) is 0.312. The Kier molecular flexibility index (Phi) is 4.29. The van der Waals surface area contributed by atoms with Crippen molar-refractivity contribution < 1.29 is 18.9 Å². The molecule has 1 aromatic carbocycles. The number of hydrogen-bond acceptors (Lipinski definition) is 6. The normalized spacial score (nSPS) is 12.3. The minimum atomic E-state index is 0.289. The van der Waals surface area contributed by atoms with Crippen molar-refractivity contribution in [3.8, 4) is 23.0 Å². The minimum Gasteiger partial charge on any atom is -0.493 e. The highest BCUT2D eigenvalue weighted by molar-refractivity contribution is 5.45. The maximum absolute atomic E-state index is 5.37. The number of rotatable bonds is 6. The van der Waals surface area contributed by atoms with Gasteiger partial charge in [0.15, 0.2) is 23.0 Å². The largest absolute Gasteiger partial charge is 0.493 e. The Balaban J connectivity index is 1.64. The van der Waals surface area contributed by atoms with Crippen LogP contribution < -0.4 is 24.3 Å². The fourth-order valence-electron chi connectivity index (χ4n) is 2.35. The summed E-state index contributed by atoms with van der Waals surface area (Å²) in [7, 11) is 3.22. The number of fused-ring (bicyclic) bond motifs is 1. The van der Waals surface area contributed by atoms with Gasteiger partial charge in [0.1, 0.15) is 0 Å². The van der Waals surface area contributed by atoms with Crippen LogP contribution in [0.3, 0.4) is 0 Å². The Morgan fingerprint density at radius 2 is 1.95 bits per heavy atom. The molecule has 0 spiro atoms. The first-order valence-corrected chi connectivity index (χ1v) is 6.97. The molecule has 3 rings (SSSR count). The first kappa shape index (κ1) is 14.5. The van der Waals surface area contributed by atoms with Gasteiger partial charge in [0.05, 0.1) is 19.9 Å². The number of pyridine rings is 1. The van der Waals surface area contributed by atoms with E-state index in [0.717, 1.165) is 22.8 Å². The van der Waals surface area contributed by atoms with Crippen LogP contribution in [-0.2, 0) is 13.1 Å². The third-order valence-electron chi connectivity index (χ3n) is 3.42. The lowest BCUT2D eigenvalue weighted by atomic mass is 10.2. The summed E-state index contributed by atoms with van der Waals surface area (Å²) in [6, 6.07) is 7.69. The molecule has 1 aromatic heterocycles. The Hall–Kier alpha value is -2.47. The molecule has 0 radical (unpaired) electrons. The van der Waals surface area contributed by atoms with Crippen LogP contribution in [0.15, 0.2) is 30.5 Å². The van der Waals surface area contributed by atoms with Gasteiger partial charge in [-0.25, -0.2) is 0 Å². The highest BCUT2D eigenvalue weighted by Gasteiger charge is 2.14. The summed E-state index contributed by atoms with van der Waals surface area (Å²) in [5.74, 6) is 2.91. The predicted molar refractivity (Wildman–Crippen MR) is 80.4 cm³/mol. The summed E-state index contributed by atoms with van der Waals surface area (Å²) in [5.41, 5.74) is 1.92. The van der Waals surface area contributed by atoms with Crippen molar-refractivity contribution in [2.24, 2.45) is 0 Å². The molecule has 1 N–H and O–H groups in total. The summed E-state index contributed by atoms with van der Waals surface area (Å²) in [6.45, 7) is 1.56. The lowest BCUT2D eigenvalue weighted by Crippen LogP contribution is -2.14. The summed E-state index contributed by atoms with van der Waals surface area (Å²) in [6.07, 6.45) is 1.71. The van der Waals surface area contributed by atoms with E-state index in [-0.39, 0.29) is 6.79 Å². The SMILES string of the molecule is COc1ccnc(CNCc2ccc3c(c2)OCO3)c1OC. The van der Waals surface area contributed by atoms with Crippen LogP contribution in [0.1, 0.15) is 11.3 Å². The Labute approximate surface area is 129 Å². The van der Waals surface area contributed by atoms with Crippen LogP contribution in [0.25, 0.3) is 0 Å². The van der Waals surface area contributed by atoms with E-state index >= 15 is 0 Å². The van der Waals surface area contributed by atoms with Crippen LogP contribution >= 0.6 is 0 Å². The standard InChI is InChI=1S/C16H18N2O4/c1-19-14-5-6-18-12(16(14)20-2)9-17-8-11-3-4-13-15(7-11)22-10-21-13/h3-7,17H,8-10H2,1-2H3. The van der Waals surface area contributed by atoms with Gasteiger partial charge in [-0.2, -0.15) is 0 Å². The van der Waals surface area contributed by atoms with Gasteiger partial charge < -0.3 is 24.3 Å². The molecule has 0 saturated carbocycles.